The molecule has 0 saturated carbocycles. The quantitative estimate of drug-likeness (QED) is 0.618. The second-order valence-corrected chi connectivity index (χ2v) is 6.83. The van der Waals surface area contributed by atoms with Crippen LogP contribution in [0, 0.1) is 11.8 Å². The monoisotopic (exact) mass is 373 g/mol. The standard InChI is InChI=1S/C19H23N3O3S/c1-12(2)16(10-26)18(23)22-17(19(24)25)7-13-3-5-14(6-4-13)15-8-20-11-21-9-15/h3-6,8-9,11-12,16-17,26H,7,10H2,1-2H3,(H,22,23)(H,24,25)/t16-,17-/m0/s1. The Hall–Kier alpha value is -2.41. The summed E-state index contributed by atoms with van der Waals surface area (Å²) < 4.78 is 0. The normalized spacial score (nSPS) is 13.2. The van der Waals surface area contributed by atoms with Crippen LogP contribution in [0.1, 0.15) is 19.4 Å². The van der Waals surface area contributed by atoms with Gasteiger partial charge in [0.05, 0.1) is 0 Å². The Bertz CT molecular complexity index is 735. The minimum absolute atomic E-state index is 0.0920. The van der Waals surface area contributed by atoms with Gasteiger partial charge in [-0.3, -0.25) is 4.79 Å². The number of carbonyl (C=O) groups excluding carboxylic acids is 1. The number of carboxylic acids is 1. The zero-order chi connectivity index (χ0) is 19.1. The highest BCUT2D eigenvalue weighted by Crippen LogP contribution is 2.19. The minimum atomic E-state index is -1.06. The molecule has 6 nitrogen and oxygen atoms in total. The summed E-state index contributed by atoms with van der Waals surface area (Å²) in [6.45, 7) is 3.84. The lowest BCUT2D eigenvalue weighted by atomic mass is 9.96. The summed E-state index contributed by atoms with van der Waals surface area (Å²) in [6.07, 6.45) is 5.11. The molecule has 0 radical (unpaired) electrons. The number of nitrogens with zero attached hydrogens (tertiary/aromatic N) is 2. The minimum Gasteiger partial charge on any atom is -0.480 e. The Morgan fingerprint density at radius 1 is 1.12 bits per heavy atom. The van der Waals surface area contributed by atoms with Crippen LogP contribution in [0.5, 0.6) is 0 Å². The molecule has 26 heavy (non-hydrogen) atoms. The van der Waals surface area contributed by atoms with E-state index in [1.165, 1.54) is 6.33 Å². The average Bonchev–Trinajstić information content (AvgIpc) is 2.62. The fourth-order valence-corrected chi connectivity index (χ4v) is 3.18. The summed E-state index contributed by atoms with van der Waals surface area (Å²) in [5.41, 5.74) is 2.65. The van der Waals surface area contributed by atoms with E-state index < -0.39 is 12.0 Å². The molecule has 0 bridgehead atoms. The van der Waals surface area contributed by atoms with E-state index >= 15 is 0 Å². The van der Waals surface area contributed by atoms with Gasteiger partial charge in [0, 0.05) is 36.0 Å². The van der Waals surface area contributed by atoms with Gasteiger partial charge in [-0.1, -0.05) is 38.1 Å². The number of benzene rings is 1. The van der Waals surface area contributed by atoms with Crippen molar-refractivity contribution >= 4 is 24.5 Å². The third kappa shape index (κ3) is 5.29. The molecule has 1 aromatic carbocycles. The molecule has 7 heteroatoms. The lowest BCUT2D eigenvalue weighted by molar-refractivity contribution is -0.142. The van der Waals surface area contributed by atoms with E-state index in [4.69, 9.17) is 0 Å². The van der Waals surface area contributed by atoms with E-state index in [2.05, 4.69) is 27.9 Å². The lowest BCUT2D eigenvalue weighted by Gasteiger charge is -2.21. The molecular formula is C19H23N3O3S. The van der Waals surface area contributed by atoms with Crippen LogP contribution in [-0.2, 0) is 16.0 Å². The number of aliphatic carboxylic acids is 1. The molecule has 0 spiro atoms. The zero-order valence-corrected chi connectivity index (χ0v) is 15.7. The maximum absolute atomic E-state index is 12.3. The molecular weight excluding hydrogens is 350 g/mol. The van der Waals surface area contributed by atoms with Gasteiger partial charge in [-0.05, 0) is 17.0 Å². The topological polar surface area (TPSA) is 92.2 Å². The van der Waals surface area contributed by atoms with Crippen LogP contribution in [0.4, 0.5) is 0 Å². The number of amides is 1. The second-order valence-electron chi connectivity index (χ2n) is 6.46. The highest BCUT2D eigenvalue weighted by Gasteiger charge is 2.26. The van der Waals surface area contributed by atoms with Crippen LogP contribution in [0.15, 0.2) is 43.0 Å². The van der Waals surface area contributed by atoms with Gasteiger partial charge >= 0.3 is 5.97 Å². The third-order valence-electron chi connectivity index (χ3n) is 4.24. The first kappa shape index (κ1) is 19.9. The van der Waals surface area contributed by atoms with Crippen LogP contribution >= 0.6 is 12.6 Å². The van der Waals surface area contributed by atoms with Crippen LogP contribution in [0.3, 0.4) is 0 Å². The first-order valence-corrected chi connectivity index (χ1v) is 9.04. The smallest absolute Gasteiger partial charge is 0.326 e. The van der Waals surface area contributed by atoms with E-state index in [0.717, 1.165) is 16.7 Å². The summed E-state index contributed by atoms with van der Waals surface area (Å²) in [7, 11) is 0. The predicted molar refractivity (Wildman–Crippen MR) is 103 cm³/mol. The van der Waals surface area contributed by atoms with Crippen LogP contribution in [0.2, 0.25) is 0 Å². The number of aromatic nitrogens is 2. The number of hydrogen-bond acceptors (Lipinski definition) is 5. The first-order chi connectivity index (χ1) is 12.4. The number of thiol groups is 1. The molecule has 0 aliphatic heterocycles. The van der Waals surface area contributed by atoms with E-state index in [1.807, 2.05) is 38.1 Å². The summed E-state index contributed by atoms with van der Waals surface area (Å²) >= 11 is 4.20. The second kappa shape index (κ2) is 9.33. The van der Waals surface area contributed by atoms with Gasteiger partial charge in [0.1, 0.15) is 12.4 Å². The van der Waals surface area contributed by atoms with E-state index in [9.17, 15) is 14.7 Å². The Kier molecular flexibility index (Phi) is 7.15. The SMILES string of the molecule is CC(C)[C@H](CS)C(=O)N[C@@H](Cc1ccc(-c2cncnc2)cc1)C(=O)O. The molecule has 0 aliphatic carbocycles. The maximum Gasteiger partial charge on any atom is 0.326 e. The Morgan fingerprint density at radius 2 is 1.73 bits per heavy atom. The number of carbonyl (C=O) groups is 2. The Labute approximate surface area is 158 Å². The summed E-state index contributed by atoms with van der Waals surface area (Å²) in [6, 6.07) is 6.50. The summed E-state index contributed by atoms with van der Waals surface area (Å²) in [5, 5.41) is 12.1. The van der Waals surface area contributed by atoms with Crippen molar-refractivity contribution in [3.63, 3.8) is 0 Å². The van der Waals surface area contributed by atoms with Gasteiger partial charge in [0.25, 0.3) is 0 Å². The highest BCUT2D eigenvalue weighted by atomic mass is 32.1. The third-order valence-corrected chi connectivity index (χ3v) is 4.63. The van der Waals surface area contributed by atoms with Crippen LogP contribution in [-0.4, -0.2) is 38.7 Å². The molecule has 1 heterocycles. The van der Waals surface area contributed by atoms with Crippen molar-refractivity contribution in [1.29, 1.82) is 0 Å². The van der Waals surface area contributed by atoms with Crippen molar-refractivity contribution in [2.45, 2.75) is 26.3 Å². The fourth-order valence-electron chi connectivity index (χ4n) is 2.59. The molecule has 1 amide bonds. The van der Waals surface area contributed by atoms with Crippen LogP contribution in [0.25, 0.3) is 11.1 Å². The van der Waals surface area contributed by atoms with Crippen molar-refractivity contribution < 1.29 is 14.7 Å². The maximum atomic E-state index is 12.3. The Balaban J connectivity index is 2.08. The van der Waals surface area contributed by atoms with Crippen molar-refractivity contribution in [2.75, 3.05) is 5.75 Å². The molecule has 0 unspecified atom stereocenters. The molecule has 2 aromatic rings. The van der Waals surface area contributed by atoms with Gasteiger partial charge in [-0.2, -0.15) is 12.6 Å². The molecule has 138 valence electrons. The summed E-state index contributed by atoms with van der Waals surface area (Å²) in [4.78, 5) is 31.8. The first-order valence-electron chi connectivity index (χ1n) is 8.40. The Morgan fingerprint density at radius 3 is 2.23 bits per heavy atom. The fraction of sp³-hybridized carbons (Fsp3) is 0.368. The lowest BCUT2D eigenvalue weighted by Crippen LogP contribution is -2.46. The number of nitrogens with one attached hydrogen (secondary N) is 1. The molecule has 2 atom stereocenters. The zero-order valence-electron chi connectivity index (χ0n) is 14.8. The molecule has 1 aromatic heterocycles. The summed E-state index contributed by atoms with van der Waals surface area (Å²) in [5.74, 6) is -1.18. The predicted octanol–water partition coefficient (Wildman–Crippen LogP) is 2.46. The van der Waals surface area contributed by atoms with E-state index in [1.54, 1.807) is 12.4 Å². The number of rotatable bonds is 8. The van der Waals surface area contributed by atoms with E-state index in [0.29, 0.717) is 5.75 Å². The number of hydrogen-bond donors (Lipinski definition) is 3. The average molecular weight is 373 g/mol. The van der Waals surface area contributed by atoms with Crippen molar-refractivity contribution in [3.05, 3.63) is 48.5 Å². The molecule has 2 rings (SSSR count). The molecule has 0 saturated heterocycles. The molecule has 0 fully saturated rings. The van der Waals surface area contributed by atoms with Gasteiger partial charge < -0.3 is 10.4 Å². The van der Waals surface area contributed by atoms with Crippen molar-refractivity contribution in [2.24, 2.45) is 11.8 Å². The molecule has 0 aliphatic rings. The largest absolute Gasteiger partial charge is 0.480 e. The van der Waals surface area contributed by atoms with Gasteiger partial charge in [-0.25, -0.2) is 14.8 Å². The van der Waals surface area contributed by atoms with Gasteiger partial charge in [-0.15, -0.1) is 0 Å². The van der Waals surface area contributed by atoms with Gasteiger partial charge in [0.15, 0.2) is 0 Å². The molecule has 2 N–H and O–H groups in total. The van der Waals surface area contributed by atoms with Crippen molar-refractivity contribution in [1.82, 2.24) is 15.3 Å². The highest BCUT2D eigenvalue weighted by molar-refractivity contribution is 7.80. The van der Waals surface area contributed by atoms with E-state index in [-0.39, 0.29) is 24.2 Å². The van der Waals surface area contributed by atoms with Crippen LogP contribution < -0.4 is 5.32 Å². The number of carboxylic acid groups (broad SMARTS) is 1. The van der Waals surface area contributed by atoms with Crippen molar-refractivity contribution in [3.8, 4) is 11.1 Å². The van der Waals surface area contributed by atoms with Gasteiger partial charge in [0.2, 0.25) is 5.91 Å².